The Morgan fingerprint density at radius 3 is 2.31 bits per heavy atom. The van der Waals surface area contributed by atoms with Crippen LogP contribution < -0.4 is 10.6 Å². The van der Waals surface area contributed by atoms with Crippen LogP contribution in [-0.4, -0.2) is 40.2 Å². The van der Waals surface area contributed by atoms with E-state index in [1.165, 1.54) is 18.3 Å². The Hall–Kier alpha value is -3.72. The summed E-state index contributed by atoms with van der Waals surface area (Å²) < 4.78 is 5.54. The number of aromatic nitrogens is 1. The minimum atomic E-state index is -1.29. The van der Waals surface area contributed by atoms with Gasteiger partial charge in [0.15, 0.2) is 5.13 Å². The number of amides is 2. The Kier molecular flexibility index (Phi) is 7.16. The Morgan fingerprint density at radius 1 is 1.09 bits per heavy atom. The van der Waals surface area contributed by atoms with E-state index >= 15 is 0 Å². The zero-order valence-corrected chi connectivity index (χ0v) is 20.4. The molecule has 1 aromatic heterocycles. The van der Waals surface area contributed by atoms with Gasteiger partial charge >= 0.3 is 12.1 Å². The van der Waals surface area contributed by atoms with Crippen molar-refractivity contribution in [2.45, 2.75) is 44.6 Å². The number of ether oxygens (including phenoxy) is 1. The maximum Gasteiger partial charge on any atom is 0.413 e. The third-order valence-electron chi connectivity index (χ3n) is 6.30. The molecule has 8 nitrogen and oxygen atoms in total. The number of hydrogen-bond donors (Lipinski definition) is 3. The van der Waals surface area contributed by atoms with Crippen LogP contribution in [0.2, 0.25) is 0 Å². The molecule has 4 rings (SSSR count). The number of carboxylic acid groups (broad SMARTS) is 1. The molecule has 1 atom stereocenters. The zero-order chi connectivity index (χ0) is 25.0. The van der Waals surface area contributed by atoms with Gasteiger partial charge in [0.2, 0.25) is 5.91 Å². The number of hydrogen-bond acceptors (Lipinski definition) is 6. The van der Waals surface area contributed by atoms with Crippen molar-refractivity contribution in [2.75, 3.05) is 11.9 Å². The quantitative estimate of drug-likeness (QED) is 0.394. The molecule has 0 bridgehead atoms. The molecule has 35 heavy (non-hydrogen) atoms. The Bertz CT molecular complexity index is 1210. The molecular formula is C26H27N3O5S. The van der Waals surface area contributed by atoms with Gasteiger partial charge in [0.25, 0.3) is 0 Å². The Morgan fingerprint density at radius 2 is 1.71 bits per heavy atom. The van der Waals surface area contributed by atoms with Gasteiger partial charge in [-0.2, -0.15) is 0 Å². The van der Waals surface area contributed by atoms with E-state index in [0.29, 0.717) is 11.6 Å². The van der Waals surface area contributed by atoms with Crippen LogP contribution in [0.5, 0.6) is 0 Å². The molecule has 0 radical (unpaired) electrons. The van der Waals surface area contributed by atoms with E-state index < -0.39 is 17.6 Å². The fraction of sp³-hybridized carbons (Fsp3) is 0.308. The highest BCUT2D eigenvalue weighted by Gasteiger charge is 2.32. The monoisotopic (exact) mass is 493 g/mol. The second-order valence-electron chi connectivity index (χ2n) is 8.62. The molecule has 182 valence electrons. The highest BCUT2D eigenvalue weighted by atomic mass is 32.1. The van der Waals surface area contributed by atoms with Gasteiger partial charge in [-0.3, -0.25) is 10.1 Å². The number of thiazole rings is 1. The normalized spacial score (nSPS) is 13.9. The average Bonchev–Trinajstić information content (AvgIpc) is 3.43. The third kappa shape index (κ3) is 5.35. The van der Waals surface area contributed by atoms with E-state index in [9.17, 15) is 19.5 Å². The van der Waals surface area contributed by atoms with Crippen molar-refractivity contribution < 1.29 is 24.2 Å². The molecule has 0 saturated heterocycles. The van der Waals surface area contributed by atoms with Gasteiger partial charge in [0, 0.05) is 23.4 Å². The molecule has 0 aliphatic heterocycles. The van der Waals surface area contributed by atoms with Crippen molar-refractivity contribution >= 4 is 34.4 Å². The van der Waals surface area contributed by atoms with Gasteiger partial charge < -0.3 is 15.2 Å². The van der Waals surface area contributed by atoms with Crippen molar-refractivity contribution in [2.24, 2.45) is 0 Å². The van der Waals surface area contributed by atoms with Gasteiger partial charge in [-0.15, -0.1) is 11.3 Å². The molecule has 2 amide bonds. The number of nitrogens with one attached hydrogen (secondary N) is 2. The molecule has 3 aromatic rings. The lowest BCUT2D eigenvalue weighted by Gasteiger charge is -2.24. The van der Waals surface area contributed by atoms with Crippen LogP contribution in [-0.2, 0) is 20.7 Å². The number of carbonyl (C=O) groups excluding carboxylic acids is 2. The molecule has 0 spiro atoms. The minimum absolute atomic E-state index is 0.0295. The van der Waals surface area contributed by atoms with E-state index in [4.69, 9.17) is 4.74 Å². The summed E-state index contributed by atoms with van der Waals surface area (Å²) in [6.07, 6.45) is 1.78. The molecule has 1 aliphatic carbocycles. The van der Waals surface area contributed by atoms with Gasteiger partial charge in [0.1, 0.15) is 12.1 Å². The lowest BCUT2D eigenvalue weighted by molar-refractivity contribution is -0.147. The Labute approximate surface area is 207 Å². The Balaban J connectivity index is 1.29. The fourth-order valence-electron chi connectivity index (χ4n) is 4.10. The summed E-state index contributed by atoms with van der Waals surface area (Å²) in [5.74, 6) is -1.45. The van der Waals surface area contributed by atoms with Crippen LogP contribution in [0.1, 0.15) is 48.6 Å². The number of aryl methyl sites for hydroxylation is 1. The van der Waals surface area contributed by atoms with E-state index in [1.807, 2.05) is 24.3 Å². The first kappa shape index (κ1) is 24.4. The number of nitrogens with zero attached hydrogens (tertiary/aromatic N) is 1. The zero-order valence-electron chi connectivity index (χ0n) is 19.5. The van der Waals surface area contributed by atoms with Gasteiger partial charge in [-0.05, 0) is 42.0 Å². The molecule has 1 unspecified atom stereocenters. The predicted molar refractivity (Wildman–Crippen MR) is 134 cm³/mol. The number of anilines is 1. The molecule has 0 saturated carbocycles. The maximum absolute atomic E-state index is 12.4. The van der Waals surface area contributed by atoms with E-state index in [1.54, 1.807) is 13.1 Å². The first-order chi connectivity index (χ1) is 16.8. The third-order valence-corrected chi connectivity index (χ3v) is 7.27. The smallest absolute Gasteiger partial charge is 0.413 e. The van der Waals surface area contributed by atoms with E-state index in [2.05, 4.69) is 39.9 Å². The first-order valence-corrected chi connectivity index (χ1v) is 12.2. The number of carbonyl (C=O) groups is 3. The van der Waals surface area contributed by atoms with E-state index in [0.717, 1.165) is 27.1 Å². The summed E-state index contributed by atoms with van der Waals surface area (Å²) in [7, 11) is 0. The summed E-state index contributed by atoms with van der Waals surface area (Å²) >= 11 is 1.25. The predicted octanol–water partition coefficient (Wildman–Crippen LogP) is 4.81. The summed E-state index contributed by atoms with van der Waals surface area (Å²) in [6.45, 7) is 3.40. The number of aliphatic carboxylic acids is 1. The molecule has 1 heterocycles. The van der Waals surface area contributed by atoms with Crippen LogP contribution in [0.15, 0.2) is 54.7 Å². The van der Waals surface area contributed by atoms with Crippen molar-refractivity contribution in [3.05, 3.63) is 70.7 Å². The molecule has 3 N–H and O–H groups in total. The fourth-order valence-corrected chi connectivity index (χ4v) is 4.90. The first-order valence-electron chi connectivity index (χ1n) is 11.4. The van der Waals surface area contributed by atoms with Crippen LogP contribution >= 0.6 is 11.3 Å². The van der Waals surface area contributed by atoms with Gasteiger partial charge in [-0.1, -0.05) is 55.5 Å². The van der Waals surface area contributed by atoms with Crippen LogP contribution in [0, 0.1) is 0 Å². The average molecular weight is 494 g/mol. The summed E-state index contributed by atoms with van der Waals surface area (Å²) in [4.78, 5) is 41.0. The molecule has 0 fully saturated rings. The standard InChI is InChI=1S/C26H27N3O5S/c1-3-26(2,23(31)32)29-22(30)13-12-16-14-27-24(35-16)28-25(33)34-15-21-19-10-6-4-8-17(19)18-9-5-7-11-20(18)21/h4-11,14,21H,3,12-13,15H2,1-2H3,(H,29,30)(H,31,32)(H,27,28,33). The lowest BCUT2D eigenvalue weighted by Crippen LogP contribution is -2.51. The highest BCUT2D eigenvalue weighted by Crippen LogP contribution is 2.44. The number of fused-ring (bicyclic) bond motifs is 3. The van der Waals surface area contributed by atoms with Crippen LogP contribution in [0.25, 0.3) is 11.1 Å². The topological polar surface area (TPSA) is 118 Å². The van der Waals surface area contributed by atoms with Gasteiger partial charge in [-0.25, -0.2) is 14.6 Å². The molecule has 2 aromatic carbocycles. The second kappa shape index (κ2) is 10.3. The van der Waals surface area contributed by atoms with Crippen LogP contribution in [0.3, 0.4) is 0 Å². The van der Waals surface area contributed by atoms with E-state index in [-0.39, 0.29) is 31.3 Å². The van der Waals surface area contributed by atoms with Crippen LogP contribution in [0.4, 0.5) is 9.93 Å². The van der Waals surface area contributed by atoms with Gasteiger partial charge in [0.05, 0.1) is 0 Å². The maximum atomic E-state index is 12.4. The number of rotatable bonds is 9. The SMILES string of the molecule is CCC(C)(NC(=O)CCc1cnc(NC(=O)OCC2c3ccccc3-c3ccccc32)s1)C(=O)O. The molecule has 9 heteroatoms. The van der Waals surface area contributed by atoms with Crippen molar-refractivity contribution in [1.29, 1.82) is 0 Å². The van der Waals surface area contributed by atoms with Crippen molar-refractivity contribution in [1.82, 2.24) is 10.3 Å². The number of benzene rings is 2. The number of carboxylic acids is 1. The second-order valence-corrected chi connectivity index (χ2v) is 9.74. The highest BCUT2D eigenvalue weighted by molar-refractivity contribution is 7.15. The summed E-state index contributed by atoms with van der Waals surface area (Å²) in [5.41, 5.74) is 3.31. The van der Waals surface area contributed by atoms with Crippen molar-refractivity contribution in [3.8, 4) is 11.1 Å². The largest absolute Gasteiger partial charge is 0.480 e. The molecule has 1 aliphatic rings. The molecular weight excluding hydrogens is 466 g/mol. The summed E-state index contributed by atoms with van der Waals surface area (Å²) in [6, 6.07) is 16.3. The van der Waals surface area contributed by atoms with Crippen molar-refractivity contribution in [3.63, 3.8) is 0 Å². The lowest BCUT2D eigenvalue weighted by atomic mass is 9.98. The summed E-state index contributed by atoms with van der Waals surface area (Å²) in [5, 5.41) is 14.9. The minimum Gasteiger partial charge on any atom is -0.480 e.